The number of nitrogens with zero attached hydrogens (tertiary/aromatic N) is 3. The lowest BCUT2D eigenvalue weighted by Crippen LogP contribution is -2.39. The van der Waals surface area contributed by atoms with Crippen LogP contribution in [0.2, 0.25) is 0 Å². The lowest BCUT2D eigenvalue weighted by atomic mass is 10.1. The Labute approximate surface area is 136 Å². The number of hydrogen-bond donors (Lipinski definition) is 1. The van der Waals surface area contributed by atoms with E-state index in [0.717, 1.165) is 36.8 Å². The van der Waals surface area contributed by atoms with E-state index < -0.39 is 10.0 Å². The zero-order valence-electron chi connectivity index (χ0n) is 13.2. The second-order valence-electron chi connectivity index (χ2n) is 6.30. The molecule has 2 aliphatic rings. The predicted molar refractivity (Wildman–Crippen MR) is 85.9 cm³/mol. The summed E-state index contributed by atoms with van der Waals surface area (Å²) >= 11 is 0. The van der Waals surface area contributed by atoms with Gasteiger partial charge < -0.3 is 4.90 Å². The number of carbonyl (C=O) groups is 1. The normalized spacial score (nSPS) is 21.7. The molecule has 3 rings (SSSR count). The zero-order chi connectivity index (χ0) is 16.4. The van der Waals surface area contributed by atoms with Gasteiger partial charge in [0.2, 0.25) is 15.9 Å². The predicted octanol–water partition coefficient (Wildman–Crippen LogP) is 0.501. The van der Waals surface area contributed by atoms with Crippen molar-refractivity contribution in [2.45, 2.75) is 32.4 Å². The molecule has 0 saturated carbocycles. The third kappa shape index (κ3) is 4.00. The maximum absolute atomic E-state index is 12.7. The molecule has 0 unspecified atom stereocenters. The van der Waals surface area contributed by atoms with Crippen LogP contribution < -0.4 is 4.72 Å². The van der Waals surface area contributed by atoms with Gasteiger partial charge in [0, 0.05) is 37.3 Å². The van der Waals surface area contributed by atoms with Crippen molar-refractivity contribution >= 4 is 15.9 Å². The maximum Gasteiger partial charge on any atom is 0.249 e. The van der Waals surface area contributed by atoms with E-state index in [9.17, 15) is 13.2 Å². The number of hydrogen-bond acceptors (Lipinski definition) is 4. The molecule has 1 aliphatic carbocycles. The minimum atomic E-state index is -3.25. The molecule has 23 heavy (non-hydrogen) atoms. The Morgan fingerprint density at radius 2 is 2.26 bits per heavy atom. The smallest absolute Gasteiger partial charge is 0.249 e. The lowest BCUT2D eigenvalue weighted by Gasteiger charge is -2.24. The Morgan fingerprint density at radius 3 is 2.96 bits per heavy atom. The second-order valence-corrected chi connectivity index (χ2v) is 8.13. The van der Waals surface area contributed by atoms with E-state index in [-0.39, 0.29) is 11.8 Å². The van der Waals surface area contributed by atoms with E-state index in [1.165, 1.54) is 0 Å². The molecule has 1 aliphatic heterocycles. The molecule has 8 heteroatoms. The summed E-state index contributed by atoms with van der Waals surface area (Å²) in [5.74, 6) is 0.0679. The summed E-state index contributed by atoms with van der Waals surface area (Å²) in [6, 6.07) is 1.91. The summed E-state index contributed by atoms with van der Waals surface area (Å²) in [6.07, 6.45) is 7.72. The molecule has 0 fully saturated rings. The third-order valence-electron chi connectivity index (χ3n) is 4.30. The van der Waals surface area contributed by atoms with Gasteiger partial charge in [-0.05, 0) is 25.3 Å². The van der Waals surface area contributed by atoms with Crippen molar-refractivity contribution in [2.75, 3.05) is 19.3 Å². The molecular weight excluding hydrogens is 316 g/mol. The van der Waals surface area contributed by atoms with Gasteiger partial charge in [0.25, 0.3) is 0 Å². The molecule has 0 saturated heterocycles. The summed E-state index contributed by atoms with van der Waals surface area (Å²) < 4.78 is 27.1. The molecule has 0 bridgehead atoms. The SMILES string of the molecule is CS(=O)(=O)NC[C@H]1CN(C(=O)C2=CCCC2)Cc2ccnn2C1. The molecule has 0 spiro atoms. The number of amides is 1. The average Bonchev–Trinajstić information content (AvgIpc) is 3.12. The van der Waals surface area contributed by atoms with E-state index >= 15 is 0 Å². The Bertz CT molecular complexity index is 723. The van der Waals surface area contributed by atoms with Crippen LogP contribution in [0.1, 0.15) is 25.0 Å². The van der Waals surface area contributed by atoms with Gasteiger partial charge in [-0.3, -0.25) is 9.48 Å². The van der Waals surface area contributed by atoms with Crippen LogP contribution in [-0.4, -0.2) is 48.4 Å². The van der Waals surface area contributed by atoms with Crippen molar-refractivity contribution in [1.29, 1.82) is 0 Å². The monoisotopic (exact) mass is 338 g/mol. The van der Waals surface area contributed by atoms with Crippen LogP contribution in [0.15, 0.2) is 23.9 Å². The maximum atomic E-state index is 12.7. The molecule has 1 aromatic heterocycles. The molecule has 7 nitrogen and oxygen atoms in total. The van der Waals surface area contributed by atoms with Crippen molar-refractivity contribution < 1.29 is 13.2 Å². The summed E-state index contributed by atoms with van der Waals surface area (Å²) in [6.45, 7) is 1.96. The Balaban J connectivity index is 1.78. The highest BCUT2D eigenvalue weighted by Crippen LogP contribution is 2.23. The highest BCUT2D eigenvalue weighted by molar-refractivity contribution is 7.88. The number of fused-ring (bicyclic) bond motifs is 1. The van der Waals surface area contributed by atoms with Crippen molar-refractivity contribution in [3.05, 3.63) is 29.6 Å². The summed E-state index contributed by atoms with van der Waals surface area (Å²) in [5, 5.41) is 4.29. The first kappa shape index (κ1) is 16.2. The van der Waals surface area contributed by atoms with Gasteiger partial charge in [-0.2, -0.15) is 5.10 Å². The number of sulfonamides is 1. The molecule has 0 aromatic carbocycles. The summed E-state index contributed by atoms with van der Waals surface area (Å²) in [4.78, 5) is 14.5. The van der Waals surface area contributed by atoms with Crippen molar-refractivity contribution in [2.24, 2.45) is 5.92 Å². The molecule has 1 atom stereocenters. The summed E-state index contributed by atoms with van der Waals surface area (Å²) in [5.41, 5.74) is 1.87. The molecule has 1 N–H and O–H groups in total. The van der Waals surface area contributed by atoms with Gasteiger partial charge in [-0.25, -0.2) is 13.1 Å². The van der Waals surface area contributed by atoms with Crippen molar-refractivity contribution in [3.63, 3.8) is 0 Å². The van der Waals surface area contributed by atoms with E-state index in [0.29, 0.717) is 26.2 Å². The number of carbonyl (C=O) groups excluding carboxylic acids is 1. The minimum Gasteiger partial charge on any atom is -0.333 e. The first-order valence-electron chi connectivity index (χ1n) is 7.86. The largest absolute Gasteiger partial charge is 0.333 e. The van der Waals surface area contributed by atoms with E-state index in [4.69, 9.17) is 0 Å². The summed E-state index contributed by atoms with van der Waals surface area (Å²) in [7, 11) is -3.25. The van der Waals surface area contributed by atoms with Gasteiger partial charge in [0.1, 0.15) is 0 Å². The highest BCUT2D eigenvalue weighted by Gasteiger charge is 2.28. The first-order chi connectivity index (χ1) is 10.9. The van der Waals surface area contributed by atoms with Crippen LogP contribution in [0.5, 0.6) is 0 Å². The molecule has 1 amide bonds. The fourth-order valence-electron chi connectivity index (χ4n) is 3.15. The van der Waals surface area contributed by atoms with E-state index in [2.05, 4.69) is 9.82 Å². The Kier molecular flexibility index (Phi) is 4.54. The topological polar surface area (TPSA) is 84.3 Å². The third-order valence-corrected chi connectivity index (χ3v) is 5.00. The number of nitrogens with one attached hydrogen (secondary N) is 1. The Morgan fingerprint density at radius 1 is 1.43 bits per heavy atom. The second kappa shape index (κ2) is 6.45. The quantitative estimate of drug-likeness (QED) is 0.866. The van der Waals surface area contributed by atoms with Crippen LogP contribution in [0.25, 0.3) is 0 Å². The fraction of sp³-hybridized carbons (Fsp3) is 0.600. The van der Waals surface area contributed by atoms with Crippen LogP contribution in [0, 0.1) is 5.92 Å². The van der Waals surface area contributed by atoms with Gasteiger partial charge in [-0.1, -0.05) is 6.08 Å². The molecule has 1 aromatic rings. The lowest BCUT2D eigenvalue weighted by molar-refractivity contribution is -0.128. The fourth-order valence-corrected chi connectivity index (χ4v) is 3.69. The molecule has 0 radical (unpaired) electrons. The highest BCUT2D eigenvalue weighted by atomic mass is 32.2. The molecule has 126 valence electrons. The van der Waals surface area contributed by atoms with E-state index in [1.54, 1.807) is 6.20 Å². The van der Waals surface area contributed by atoms with Gasteiger partial charge in [0.05, 0.1) is 18.5 Å². The van der Waals surface area contributed by atoms with Gasteiger partial charge >= 0.3 is 0 Å². The number of aromatic nitrogens is 2. The van der Waals surface area contributed by atoms with Crippen LogP contribution in [0.3, 0.4) is 0 Å². The van der Waals surface area contributed by atoms with Crippen LogP contribution >= 0.6 is 0 Å². The minimum absolute atomic E-state index is 0.00294. The Hall–Kier alpha value is -1.67. The average molecular weight is 338 g/mol. The van der Waals surface area contributed by atoms with Crippen molar-refractivity contribution in [3.8, 4) is 0 Å². The van der Waals surface area contributed by atoms with Crippen LogP contribution in [0.4, 0.5) is 0 Å². The van der Waals surface area contributed by atoms with Gasteiger partial charge in [-0.15, -0.1) is 0 Å². The van der Waals surface area contributed by atoms with Gasteiger partial charge in [0.15, 0.2) is 0 Å². The van der Waals surface area contributed by atoms with Crippen LogP contribution in [-0.2, 0) is 27.9 Å². The first-order valence-corrected chi connectivity index (χ1v) is 9.75. The zero-order valence-corrected chi connectivity index (χ0v) is 14.1. The van der Waals surface area contributed by atoms with E-state index in [1.807, 2.05) is 21.7 Å². The molecular formula is C15H22N4O3S. The standard InChI is InChI=1S/C15H22N4O3S/c1-23(21,22)17-8-12-9-18(15(20)13-4-2-3-5-13)11-14-6-7-16-19(14)10-12/h4,6-7,12,17H,2-3,5,8-11H2,1H3/t12-/m0/s1. The van der Waals surface area contributed by atoms with Crippen molar-refractivity contribution in [1.82, 2.24) is 19.4 Å². The number of rotatable bonds is 4. The number of allylic oxidation sites excluding steroid dienone is 1. The molecule has 2 heterocycles.